The van der Waals surface area contributed by atoms with Gasteiger partial charge in [0.15, 0.2) is 0 Å². The number of carbonyl (C=O) groups is 1. The van der Waals surface area contributed by atoms with Gasteiger partial charge in [-0.25, -0.2) is 4.39 Å². The highest BCUT2D eigenvalue weighted by Crippen LogP contribution is 2.21. The molecule has 76 valence electrons. The third kappa shape index (κ3) is 1.82. The molecule has 0 saturated carbocycles. The summed E-state index contributed by atoms with van der Waals surface area (Å²) in [4.78, 5) is 12.7. The highest BCUT2D eigenvalue weighted by molar-refractivity contribution is 5.84. The van der Waals surface area contributed by atoms with Crippen molar-refractivity contribution in [1.82, 2.24) is 4.90 Å². The van der Waals surface area contributed by atoms with Gasteiger partial charge in [-0.15, -0.1) is 0 Å². The van der Waals surface area contributed by atoms with Gasteiger partial charge >= 0.3 is 0 Å². The summed E-state index contributed by atoms with van der Waals surface area (Å²) >= 11 is 0. The van der Waals surface area contributed by atoms with E-state index < -0.39 is 0 Å². The van der Waals surface area contributed by atoms with Gasteiger partial charge in [-0.2, -0.15) is 5.26 Å². The number of carbonyl (C=O) groups excluding carboxylic acids is 1. The van der Waals surface area contributed by atoms with Crippen molar-refractivity contribution in [3.63, 3.8) is 0 Å². The fourth-order valence-electron chi connectivity index (χ4n) is 1.55. The third-order valence-electron chi connectivity index (χ3n) is 2.48. The Balaban J connectivity index is 2.06. The molecule has 3 nitrogen and oxygen atoms in total. The van der Waals surface area contributed by atoms with Crippen LogP contribution in [0.25, 0.3) is 0 Å². The van der Waals surface area contributed by atoms with Crippen molar-refractivity contribution in [3.8, 4) is 6.07 Å². The molecule has 2 rings (SSSR count). The Morgan fingerprint density at radius 3 is 2.67 bits per heavy atom. The monoisotopic (exact) mass is 204 g/mol. The maximum absolute atomic E-state index is 12.6. The van der Waals surface area contributed by atoms with Crippen molar-refractivity contribution < 1.29 is 9.18 Å². The Hall–Kier alpha value is -1.89. The quantitative estimate of drug-likeness (QED) is 0.684. The van der Waals surface area contributed by atoms with Gasteiger partial charge in [0.1, 0.15) is 11.9 Å². The Morgan fingerprint density at radius 2 is 2.13 bits per heavy atom. The first kappa shape index (κ1) is 9.66. The molecule has 0 radical (unpaired) electrons. The molecular weight excluding hydrogens is 195 g/mol. The fraction of sp³-hybridized carbons (Fsp3) is 0.273. The second-order valence-corrected chi connectivity index (χ2v) is 3.50. The zero-order valence-corrected chi connectivity index (χ0v) is 7.98. The minimum Gasteiger partial charge on any atom is -0.322 e. The molecule has 1 aliphatic heterocycles. The summed E-state index contributed by atoms with van der Waals surface area (Å²) in [5.41, 5.74) is 0.838. The van der Waals surface area contributed by atoms with Crippen molar-refractivity contribution in [1.29, 1.82) is 5.26 Å². The molecule has 1 aromatic carbocycles. The van der Waals surface area contributed by atoms with Gasteiger partial charge in [0.05, 0.1) is 12.5 Å². The standard InChI is InChI=1S/C11H9FN2O/c12-9-3-1-8(2-4-9)7-14-10(6-13)5-11(14)15/h1-4,10H,5,7H2. The zero-order chi connectivity index (χ0) is 10.8. The average molecular weight is 204 g/mol. The summed E-state index contributed by atoms with van der Waals surface area (Å²) < 4.78 is 12.6. The van der Waals surface area contributed by atoms with E-state index >= 15 is 0 Å². The van der Waals surface area contributed by atoms with E-state index in [-0.39, 0.29) is 17.8 Å². The molecule has 0 N–H and O–H groups in total. The molecule has 1 atom stereocenters. The van der Waals surface area contributed by atoms with E-state index in [1.165, 1.54) is 17.0 Å². The van der Waals surface area contributed by atoms with Gasteiger partial charge in [-0.1, -0.05) is 12.1 Å². The first-order valence-electron chi connectivity index (χ1n) is 4.64. The normalized spacial score (nSPS) is 19.6. The summed E-state index contributed by atoms with van der Waals surface area (Å²) in [5, 5.41) is 8.69. The predicted molar refractivity (Wildman–Crippen MR) is 51.0 cm³/mol. The fourth-order valence-corrected chi connectivity index (χ4v) is 1.55. The van der Waals surface area contributed by atoms with E-state index in [4.69, 9.17) is 5.26 Å². The van der Waals surface area contributed by atoms with Gasteiger partial charge in [0.25, 0.3) is 0 Å². The summed E-state index contributed by atoms with van der Waals surface area (Å²) in [5.74, 6) is -0.323. The highest BCUT2D eigenvalue weighted by Gasteiger charge is 2.35. The van der Waals surface area contributed by atoms with Crippen LogP contribution in [0.4, 0.5) is 4.39 Å². The molecule has 1 aromatic rings. The number of nitrogens with zero attached hydrogens (tertiary/aromatic N) is 2. The van der Waals surface area contributed by atoms with Crippen LogP contribution in [-0.4, -0.2) is 16.8 Å². The molecule has 4 heteroatoms. The zero-order valence-electron chi connectivity index (χ0n) is 7.98. The molecule has 15 heavy (non-hydrogen) atoms. The van der Waals surface area contributed by atoms with Crippen LogP contribution in [-0.2, 0) is 11.3 Å². The Bertz CT molecular complexity index is 421. The number of likely N-dealkylation sites (tertiary alicyclic amines) is 1. The van der Waals surface area contributed by atoms with E-state index in [0.29, 0.717) is 13.0 Å². The van der Waals surface area contributed by atoms with E-state index in [9.17, 15) is 9.18 Å². The molecule has 0 bridgehead atoms. The third-order valence-corrected chi connectivity index (χ3v) is 2.48. The Morgan fingerprint density at radius 1 is 1.47 bits per heavy atom. The Labute approximate surface area is 86.7 Å². The predicted octanol–water partition coefficient (Wildman–Crippen LogP) is 1.45. The molecule has 1 fully saturated rings. The molecule has 0 spiro atoms. The largest absolute Gasteiger partial charge is 0.322 e. The van der Waals surface area contributed by atoms with Crippen LogP contribution in [0.5, 0.6) is 0 Å². The van der Waals surface area contributed by atoms with Crippen molar-refractivity contribution in [3.05, 3.63) is 35.6 Å². The lowest BCUT2D eigenvalue weighted by atomic mass is 10.0. The van der Waals surface area contributed by atoms with Crippen molar-refractivity contribution >= 4 is 5.91 Å². The van der Waals surface area contributed by atoms with Crippen molar-refractivity contribution in [2.24, 2.45) is 0 Å². The minimum atomic E-state index is -0.317. The summed E-state index contributed by atoms with van der Waals surface area (Å²) in [6.45, 7) is 0.386. The SMILES string of the molecule is N#CC1CC(=O)N1Cc1ccc(F)cc1. The van der Waals surface area contributed by atoms with Crippen molar-refractivity contribution in [2.75, 3.05) is 0 Å². The summed E-state index contributed by atoms with van der Waals surface area (Å²) in [6, 6.07) is 7.66. The molecule has 1 amide bonds. The summed E-state index contributed by atoms with van der Waals surface area (Å²) in [7, 11) is 0. The molecule has 1 saturated heterocycles. The topological polar surface area (TPSA) is 44.1 Å². The molecule has 0 aliphatic carbocycles. The van der Waals surface area contributed by atoms with Gasteiger partial charge < -0.3 is 4.90 Å². The van der Waals surface area contributed by atoms with Gasteiger partial charge in [-0.3, -0.25) is 4.79 Å². The van der Waals surface area contributed by atoms with Gasteiger partial charge in [0.2, 0.25) is 5.91 Å². The number of nitriles is 1. The van der Waals surface area contributed by atoms with E-state index in [1.54, 1.807) is 12.1 Å². The van der Waals surface area contributed by atoms with Crippen LogP contribution in [0.2, 0.25) is 0 Å². The summed E-state index contributed by atoms with van der Waals surface area (Å²) in [6.07, 6.45) is 0.303. The van der Waals surface area contributed by atoms with Crippen LogP contribution >= 0.6 is 0 Å². The van der Waals surface area contributed by atoms with Crippen LogP contribution in [0.1, 0.15) is 12.0 Å². The molecule has 0 aromatic heterocycles. The first-order chi connectivity index (χ1) is 7.20. The van der Waals surface area contributed by atoms with Crippen molar-refractivity contribution in [2.45, 2.75) is 19.0 Å². The maximum Gasteiger partial charge on any atom is 0.227 e. The number of β-lactam (4-membered cyclic amide) rings is 1. The number of rotatable bonds is 2. The van der Waals surface area contributed by atoms with Crippen LogP contribution in [0, 0.1) is 17.1 Å². The second-order valence-electron chi connectivity index (χ2n) is 3.50. The molecule has 1 heterocycles. The maximum atomic E-state index is 12.6. The van der Waals surface area contributed by atoms with Crippen LogP contribution in [0.15, 0.2) is 24.3 Å². The number of halogens is 1. The smallest absolute Gasteiger partial charge is 0.227 e. The number of benzene rings is 1. The Kier molecular flexibility index (Phi) is 2.38. The highest BCUT2D eigenvalue weighted by atomic mass is 19.1. The second kappa shape index (κ2) is 3.70. The van der Waals surface area contributed by atoms with Crippen LogP contribution < -0.4 is 0 Å². The van der Waals surface area contributed by atoms with Crippen LogP contribution in [0.3, 0.4) is 0 Å². The van der Waals surface area contributed by atoms with E-state index in [2.05, 4.69) is 0 Å². The van der Waals surface area contributed by atoms with Gasteiger partial charge in [-0.05, 0) is 17.7 Å². The number of hydrogen-bond donors (Lipinski definition) is 0. The average Bonchev–Trinajstić information content (AvgIpc) is 2.24. The molecule has 1 unspecified atom stereocenters. The minimum absolute atomic E-state index is 0.0223. The number of hydrogen-bond acceptors (Lipinski definition) is 2. The lowest BCUT2D eigenvalue weighted by Gasteiger charge is -2.35. The molecular formula is C11H9FN2O. The molecule has 1 aliphatic rings. The lowest BCUT2D eigenvalue weighted by Crippen LogP contribution is -2.50. The lowest BCUT2D eigenvalue weighted by molar-refractivity contribution is -0.144. The van der Waals surface area contributed by atoms with E-state index in [1.807, 2.05) is 6.07 Å². The van der Waals surface area contributed by atoms with E-state index in [0.717, 1.165) is 5.56 Å². The van der Waals surface area contributed by atoms with Gasteiger partial charge in [0, 0.05) is 6.54 Å². The number of amides is 1. The first-order valence-corrected chi connectivity index (χ1v) is 4.64.